The molecule has 1 fully saturated rings. The first kappa shape index (κ1) is 11.7. The van der Waals surface area contributed by atoms with Crippen LogP contribution in [0, 0.1) is 0 Å². The van der Waals surface area contributed by atoms with Crippen molar-refractivity contribution >= 4 is 11.6 Å². The van der Waals surface area contributed by atoms with E-state index in [4.69, 9.17) is 11.6 Å². The lowest BCUT2D eigenvalue weighted by atomic mass is 10.2. The average molecular weight is 254 g/mol. The minimum Gasteiger partial charge on any atom is -0.298 e. The largest absolute Gasteiger partial charge is 0.391 e. The SMILES string of the molecule is CC(CC(F)(F)F)n1c(Cl)nnc1C1CC1. The van der Waals surface area contributed by atoms with Crippen LogP contribution in [0.25, 0.3) is 0 Å². The summed E-state index contributed by atoms with van der Waals surface area (Å²) in [5.41, 5.74) is 0. The zero-order valence-corrected chi connectivity index (χ0v) is 9.39. The molecule has 0 bridgehead atoms. The number of alkyl halides is 3. The predicted molar refractivity (Wildman–Crippen MR) is 52.4 cm³/mol. The van der Waals surface area contributed by atoms with Crippen molar-refractivity contribution in [1.82, 2.24) is 14.8 Å². The first-order valence-corrected chi connectivity index (χ1v) is 5.43. The van der Waals surface area contributed by atoms with Gasteiger partial charge in [0.2, 0.25) is 5.28 Å². The Morgan fingerprint density at radius 2 is 2.06 bits per heavy atom. The van der Waals surface area contributed by atoms with Crippen LogP contribution >= 0.6 is 11.6 Å². The molecule has 0 N–H and O–H groups in total. The van der Waals surface area contributed by atoms with E-state index in [9.17, 15) is 13.2 Å². The Morgan fingerprint density at radius 3 is 2.56 bits per heavy atom. The second-order valence-electron chi connectivity index (χ2n) is 4.14. The number of rotatable bonds is 3. The minimum absolute atomic E-state index is 0.0404. The van der Waals surface area contributed by atoms with E-state index in [0.29, 0.717) is 5.82 Å². The molecule has 1 aromatic heterocycles. The summed E-state index contributed by atoms with van der Waals surface area (Å²) in [5.74, 6) is 0.817. The van der Waals surface area contributed by atoms with Gasteiger partial charge < -0.3 is 0 Å². The van der Waals surface area contributed by atoms with Gasteiger partial charge in [0, 0.05) is 12.0 Å². The lowest BCUT2D eigenvalue weighted by molar-refractivity contribution is -0.141. The van der Waals surface area contributed by atoms with Gasteiger partial charge in [-0.1, -0.05) is 0 Å². The molecule has 0 aromatic carbocycles. The van der Waals surface area contributed by atoms with Crippen LogP contribution in [0.3, 0.4) is 0 Å². The highest BCUT2D eigenvalue weighted by atomic mass is 35.5. The van der Waals surface area contributed by atoms with Crippen molar-refractivity contribution in [2.75, 3.05) is 0 Å². The summed E-state index contributed by atoms with van der Waals surface area (Å²) < 4.78 is 38.2. The van der Waals surface area contributed by atoms with Crippen LogP contribution in [0.4, 0.5) is 13.2 Å². The quantitative estimate of drug-likeness (QED) is 0.827. The molecule has 2 rings (SSSR count). The van der Waals surface area contributed by atoms with Gasteiger partial charge in [0.25, 0.3) is 0 Å². The molecule has 0 radical (unpaired) electrons. The fraction of sp³-hybridized carbons (Fsp3) is 0.778. The second kappa shape index (κ2) is 3.91. The lowest BCUT2D eigenvalue weighted by Crippen LogP contribution is -2.18. The number of halogens is 4. The molecule has 16 heavy (non-hydrogen) atoms. The summed E-state index contributed by atoms with van der Waals surface area (Å²) >= 11 is 5.76. The van der Waals surface area contributed by atoms with E-state index in [1.807, 2.05) is 0 Å². The molecule has 1 aliphatic rings. The minimum atomic E-state index is -4.20. The van der Waals surface area contributed by atoms with E-state index in [1.165, 1.54) is 11.5 Å². The zero-order chi connectivity index (χ0) is 11.9. The molecule has 0 amide bonds. The monoisotopic (exact) mass is 253 g/mol. The van der Waals surface area contributed by atoms with E-state index >= 15 is 0 Å². The molecule has 1 unspecified atom stereocenters. The van der Waals surface area contributed by atoms with Crippen molar-refractivity contribution in [3.8, 4) is 0 Å². The normalized spacial score (nSPS) is 18.8. The van der Waals surface area contributed by atoms with Crippen LogP contribution in [0.5, 0.6) is 0 Å². The van der Waals surface area contributed by atoms with Gasteiger partial charge in [-0.15, -0.1) is 10.2 Å². The van der Waals surface area contributed by atoms with E-state index < -0.39 is 18.6 Å². The Morgan fingerprint density at radius 1 is 1.44 bits per heavy atom. The molecule has 3 nitrogen and oxygen atoms in total. The Hall–Kier alpha value is -0.780. The molecule has 7 heteroatoms. The van der Waals surface area contributed by atoms with Crippen LogP contribution in [-0.2, 0) is 0 Å². The van der Waals surface area contributed by atoms with Gasteiger partial charge in [0.05, 0.1) is 6.42 Å². The molecule has 0 spiro atoms. The summed E-state index contributed by atoms with van der Waals surface area (Å²) in [6.07, 6.45) is -3.21. The van der Waals surface area contributed by atoms with Gasteiger partial charge in [0.15, 0.2) is 0 Å². The zero-order valence-electron chi connectivity index (χ0n) is 8.63. The van der Waals surface area contributed by atoms with Crippen molar-refractivity contribution in [1.29, 1.82) is 0 Å². The topological polar surface area (TPSA) is 30.7 Å². The molecule has 90 valence electrons. The van der Waals surface area contributed by atoms with Gasteiger partial charge >= 0.3 is 6.18 Å². The van der Waals surface area contributed by atoms with Gasteiger partial charge in [-0.25, -0.2) is 0 Å². The Bertz CT molecular complexity index is 384. The smallest absolute Gasteiger partial charge is 0.298 e. The van der Waals surface area contributed by atoms with Gasteiger partial charge in [-0.05, 0) is 31.4 Å². The highest BCUT2D eigenvalue weighted by molar-refractivity contribution is 6.28. The molecular weight excluding hydrogens is 243 g/mol. The van der Waals surface area contributed by atoms with Gasteiger partial charge in [0.1, 0.15) is 5.82 Å². The van der Waals surface area contributed by atoms with Crippen LogP contribution in [0.1, 0.15) is 44.0 Å². The van der Waals surface area contributed by atoms with Crippen LogP contribution in [0.15, 0.2) is 0 Å². The number of nitrogens with zero attached hydrogens (tertiary/aromatic N) is 3. The van der Waals surface area contributed by atoms with Crippen molar-refractivity contribution in [2.24, 2.45) is 0 Å². The molecule has 1 atom stereocenters. The molecule has 1 heterocycles. The molecule has 1 saturated carbocycles. The summed E-state index contributed by atoms with van der Waals surface area (Å²) in [6.45, 7) is 1.48. The van der Waals surface area contributed by atoms with Crippen LogP contribution in [-0.4, -0.2) is 20.9 Å². The maximum Gasteiger partial charge on any atom is 0.391 e. The average Bonchev–Trinajstić information content (AvgIpc) is 2.87. The molecule has 1 aliphatic carbocycles. The summed E-state index contributed by atoms with van der Waals surface area (Å²) in [6, 6.07) is -0.752. The van der Waals surface area contributed by atoms with E-state index in [2.05, 4.69) is 10.2 Å². The van der Waals surface area contributed by atoms with Gasteiger partial charge in [-0.2, -0.15) is 13.2 Å². The van der Waals surface area contributed by atoms with Crippen LogP contribution in [0.2, 0.25) is 5.28 Å². The Balaban J connectivity index is 2.21. The molecule has 1 aromatic rings. The second-order valence-corrected chi connectivity index (χ2v) is 4.48. The fourth-order valence-corrected chi connectivity index (χ4v) is 2.03. The van der Waals surface area contributed by atoms with Crippen LogP contribution < -0.4 is 0 Å². The number of hydrogen-bond donors (Lipinski definition) is 0. The summed E-state index contributed by atoms with van der Waals surface area (Å²) in [7, 11) is 0. The highest BCUT2D eigenvalue weighted by Gasteiger charge is 2.36. The van der Waals surface area contributed by atoms with Gasteiger partial charge in [-0.3, -0.25) is 4.57 Å². The predicted octanol–water partition coefficient (Wildman–Crippen LogP) is 3.32. The number of hydrogen-bond acceptors (Lipinski definition) is 2. The maximum absolute atomic E-state index is 12.3. The maximum atomic E-state index is 12.3. The third-order valence-corrected chi connectivity index (χ3v) is 2.85. The third kappa shape index (κ3) is 2.48. The standard InChI is InChI=1S/C9H11ClF3N3/c1-5(4-9(11,12)13)16-7(6-2-3-6)14-15-8(16)10/h5-6H,2-4H2,1H3. The lowest BCUT2D eigenvalue weighted by Gasteiger charge is -2.17. The third-order valence-electron chi connectivity index (χ3n) is 2.59. The van der Waals surface area contributed by atoms with Crippen molar-refractivity contribution in [3.05, 3.63) is 11.1 Å². The highest BCUT2D eigenvalue weighted by Crippen LogP contribution is 2.41. The Kier molecular flexibility index (Phi) is 2.86. The number of aromatic nitrogens is 3. The van der Waals surface area contributed by atoms with E-state index in [1.54, 1.807) is 0 Å². The first-order valence-electron chi connectivity index (χ1n) is 5.05. The molecule has 0 saturated heterocycles. The summed E-state index contributed by atoms with van der Waals surface area (Å²) in [4.78, 5) is 0. The van der Waals surface area contributed by atoms with Crippen molar-refractivity contribution < 1.29 is 13.2 Å². The van der Waals surface area contributed by atoms with E-state index in [0.717, 1.165) is 12.8 Å². The molecule has 0 aliphatic heterocycles. The Labute approximate surface area is 95.6 Å². The van der Waals surface area contributed by atoms with Crippen molar-refractivity contribution in [3.63, 3.8) is 0 Å². The molecular formula is C9H11ClF3N3. The van der Waals surface area contributed by atoms with E-state index in [-0.39, 0.29) is 11.2 Å². The summed E-state index contributed by atoms with van der Waals surface area (Å²) in [5, 5.41) is 7.52. The first-order chi connectivity index (χ1) is 7.38. The van der Waals surface area contributed by atoms with Crippen molar-refractivity contribution in [2.45, 2.75) is 44.3 Å². The fourth-order valence-electron chi connectivity index (χ4n) is 1.74.